The smallest absolute Gasteiger partial charge is 0.314 e. The summed E-state index contributed by atoms with van der Waals surface area (Å²) in [4.78, 5) is 24.0. The second-order valence-electron chi connectivity index (χ2n) is 5.84. The molecule has 0 aliphatic carbocycles. The standard InChI is InChI=1S/C16H18N4O5S/c21-8-4-7-17-15(22)16(23)18-14-12-9-26(24,25)10-13(12)19-20(14)11-5-2-1-3-6-11/h1-3,5-6,21H,4,7-10H2,(H,17,22)(H,18,23). The molecule has 0 unspecified atom stereocenters. The summed E-state index contributed by atoms with van der Waals surface area (Å²) in [6.07, 6.45) is 0.328. The van der Waals surface area contributed by atoms with E-state index in [-0.39, 0.29) is 30.5 Å². The van der Waals surface area contributed by atoms with E-state index in [1.807, 2.05) is 6.07 Å². The minimum absolute atomic E-state index is 0.103. The van der Waals surface area contributed by atoms with Crippen molar-refractivity contribution in [2.75, 3.05) is 18.5 Å². The van der Waals surface area contributed by atoms with Gasteiger partial charge in [0.25, 0.3) is 0 Å². The minimum Gasteiger partial charge on any atom is -0.396 e. The first-order chi connectivity index (χ1) is 12.4. The molecule has 2 aromatic rings. The van der Waals surface area contributed by atoms with Crippen LogP contribution in [-0.4, -0.2) is 48.3 Å². The summed E-state index contributed by atoms with van der Waals surface area (Å²) < 4.78 is 25.2. The summed E-state index contributed by atoms with van der Waals surface area (Å²) >= 11 is 0. The number of aliphatic hydroxyl groups is 1. The van der Waals surface area contributed by atoms with Crippen LogP contribution in [-0.2, 0) is 30.9 Å². The average molecular weight is 378 g/mol. The number of fused-ring (bicyclic) bond motifs is 1. The van der Waals surface area contributed by atoms with Gasteiger partial charge < -0.3 is 15.7 Å². The molecule has 2 amide bonds. The lowest BCUT2D eigenvalue weighted by Gasteiger charge is -2.11. The molecule has 26 heavy (non-hydrogen) atoms. The maximum Gasteiger partial charge on any atom is 0.314 e. The van der Waals surface area contributed by atoms with Crippen LogP contribution in [0.4, 0.5) is 5.82 Å². The first kappa shape index (κ1) is 18.1. The van der Waals surface area contributed by atoms with Crippen LogP contribution >= 0.6 is 0 Å². The van der Waals surface area contributed by atoms with Crippen molar-refractivity contribution in [2.24, 2.45) is 0 Å². The summed E-state index contributed by atoms with van der Waals surface area (Å²) in [5.74, 6) is -2.06. The molecule has 0 saturated carbocycles. The van der Waals surface area contributed by atoms with Gasteiger partial charge in [-0.25, -0.2) is 13.1 Å². The SMILES string of the molecule is O=C(NCCCO)C(=O)Nc1c2c(nn1-c1ccccc1)CS(=O)(=O)C2. The van der Waals surface area contributed by atoms with Gasteiger partial charge in [0, 0.05) is 18.7 Å². The van der Waals surface area contributed by atoms with Crippen LogP contribution in [0.2, 0.25) is 0 Å². The molecule has 1 aliphatic heterocycles. The summed E-state index contributed by atoms with van der Waals surface area (Å²) in [7, 11) is -3.31. The molecule has 3 rings (SSSR count). The lowest BCUT2D eigenvalue weighted by atomic mass is 10.2. The fourth-order valence-corrected chi connectivity index (χ4v) is 4.15. The third-order valence-electron chi connectivity index (χ3n) is 3.85. The first-order valence-corrected chi connectivity index (χ1v) is 9.80. The van der Waals surface area contributed by atoms with E-state index in [1.165, 1.54) is 4.68 Å². The summed E-state index contributed by atoms with van der Waals surface area (Å²) in [5.41, 5.74) is 1.39. The first-order valence-electron chi connectivity index (χ1n) is 7.98. The van der Waals surface area contributed by atoms with Gasteiger partial charge in [-0.05, 0) is 18.6 Å². The van der Waals surface area contributed by atoms with E-state index in [0.717, 1.165) is 0 Å². The number of nitrogens with one attached hydrogen (secondary N) is 2. The summed E-state index contributed by atoms with van der Waals surface area (Å²) in [5, 5.41) is 17.9. The Morgan fingerprint density at radius 2 is 1.88 bits per heavy atom. The number of benzene rings is 1. The number of aliphatic hydroxyl groups excluding tert-OH is 1. The Kier molecular flexibility index (Phi) is 5.05. The van der Waals surface area contributed by atoms with Crippen molar-refractivity contribution in [3.63, 3.8) is 0 Å². The van der Waals surface area contributed by atoms with E-state index < -0.39 is 21.7 Å². The molecule has 1 aromatic carbocycles. The number of para-hydroxylation sites is 1. The lowest BCUT2D eigenvalue weighted by molar-refractivity contribution is -0.136. The maximum absolute atomic E-state index is 12.2. The van der Waals surface area contributed by atoms with Crippen LogP contribution in [0.3, 0.4) is 0 Å². The number of aromatic nitrogens is 2. The normalized spacial score (nSPS) is 14.7. The van der Waals surface area contributed by atoms with Gasteiger partial charge in [0.1, 0.15) is 5.82 Å². The topological polar surface area (TPSA) is 130 Å². The number of carbonyl (C=O) groups excluding carboxylic acids is 2. The van der Waals surface area contributed by atoms with Crippen molar-refractivity contribution in [3.05, 3.63) is 41.6 Å². The Morgan fingerprint density at radius 1 is 1.15 bits per heavy atom. The molecule has 0 fully saturated rings. The number of hydrogen-bond acceptors (Lipinski definition) is 6. The van der Waals surface area contributed by atoms with Gasteiger partial charge in [0.2, 0.25) is 0 Å². The van der Waals surface area contributed by atoms with E-state index >= 15 is 0 Å². The molecule has 10 heteroatoms. The van der Waals surface area contributed by atoms with Crippen LogP contribution in [0.1, 0.15) is 17.7 Å². The quantitative estimate of drug-likeness (QED) is 0.485. The molecule has 0 spiro atoms. The number of nitrogens with zero attached hydrogens (tertiary/aromatic N) is 2. The van der Waals surface area contributed by atoms with E-state index in [0.29, 0.717) is 23.4 Å². The predicted octanol–water partition coefficient (Wildman–Crippen LogP) is -0.262. The van der Waals surface area contributed by atoms with Crippen LogP contribution in [0.15, 0.2) is 30.3 Å². The monoisotopic (exact) mass is 378 g/mol. The molecular formula is C16H18N4O5S. The molecule has 1 aromatic heterocycles. The van der Waals surface area contributed by atoms with Crippen LogP contribution < -0.4 is 10.6 Å². The third kappa shape index (κ3) is 3.75. The number of rotatable bonds is 5. The van der Waals surface area contributed by atoms with E-state index in [1.54, 1.807) is 24.3 Å². The highest BCUT2D eigenvalue weighted by molar-refractivity contribution is 7.90. The number of sulfone groups is 1. The molecule has 1 aliphatic rings. The van der Waals surface area contributed by atoms with E-state index in [9.17, 15) is 18.0 Å². The predicted molar refractivity (Wildman–Crippen MR) is 93.2 cm³/mol. The van der Waals surface area contributed by atoms with E-state index in [4.69, 9.17) is 5.11 Å². The van der Waals surface area contributed by atoms with Crippen LogP contribution in [0, 0.1) is 0 Å². The van der Waals surface area contributed by atoms with Gasteiger partial charge in [-0.15, -0.1) is 0 Å². The average Bonchev–Trinajstić information content (AvgIpc) is 3.08. The van der Waals surface area contributed by atoms with Crippen molar-refractivity contribution < 1.29 is 23.1 Å². The van der Waals surface area contributed by atoms with Crippen molar-refractivity contribution in [2.45, 2.75) is 17.9 Å². The van der Waals surface area contributed by atoms with Crippen molar-refractivity contribution >= 4 is 27.5 Å². The zero-order valence-corrected chi connectivity index (χ0v) is 14.6. The largest absolute Gasteiger partial charge is 0.396 e. The van der Waals surface area contributed by atoms with Gasteiger partial charge >= 0.3 is 11.8 Å². The van der Waals surface area contributed by atoms with Crippen molar-refractivity contribution in [3.8, 4) is 5.69 Å². The van der Waals surface area contributed by atoms with Gasteiger partial charge in [-0.1, -0.05) is 18.2 Å². The third-order valence-corrected chi connectivity index (χ3v) is 5.29. The number of hydrogen-bond donors (Lipinski definition) is 3. The molecule has 9 nitrogen and oxygen atoms in total. The Hall–Kier alpha value is -2.72. The Balaban J connectivity index is 1.90. The Labute approximate surface area is 149 Å². The van der Waals surface area contributed by atoms with Gasteiger partial charge in [0.05, 0.1) is 22.9 Å². The second kappa shape index (κ2) is 7.26. The second-order valence-corrected chi connectivity index (χ2v) is 7.91. The summed E-state index contributed by atoms with van der Waals surface area (Å²) in [6.45, 7) is 0.0568. The Morgan fingerprint density at radius 3 is 2.58 bits per heavy atom. The van der Waals surface area contributed by atoms with Crippen LogP contribution in [0.5, 0.6) is 0 Å². The van der Waals surface area contributed by atoms with Crippen molar-refractivity contribution in [1.29, 1.82) is 0 Å². The Bertz CT molecular complexity index is 937. The zero-order chi connectivity index (χ0) is 18.7. The number of amides is 2. The van der Waals surface area contributed by atoms with Gasteiger partial charge in [0.15, 0.2) is 9.84 Å². The molecule has 0 radical (unpaired) electrons. The highest BCUT2D eigenvalue weighted by Gasteiger charge is 2.33. The maximum atomic E-state index is 12.2. The molecule has 2 heterocycles. The minimum atomic E-state index is -3.31. The van der Waals surface area contributed by atoms with Gasteiger partial charge in [-0.3, -0.25) is 9.59 Å². The zero-order valence-electron chi connectivity index (χ0n) is 13.8. The van der Waals surface area contributed by atoms with Crippen LogP contribution in [0.25, 0.3) is 5.69 Å². The molecule has 0 bridgehead atoms. The number of carbonyl (C=O) groups is 2. The highest BCUT2D eigenvalue weighted by atomic mass is 32.2. The molecule has 0 atom stereocenters. The van der Waals surface area contributed by atoms with Gasteiger partial charge in [-0.2, -0.15) is 5.10 Å². The molecule has 3 N–H and O–H groups in total. The molecule has 0 saturated heterocycles. The van der Waals surface area contributed by atoms with E-state index in [2.05, 4.69) is 15.7 Å². The molecule has 138 valence electrons. The fourth-order valence-electron chi connectivity index (χ4n) is 2.65. The van der Waals surface area contributed by atoms with Crippen molar-refractivity contribution in [1.82, 2.24) is 15.1 Å². The number of anilines is 1. The lowest BCUT2D eigenvalue weighted by Crippen LogP contribution is -2.36. The summed E-state index contributed by atoms with van der Waals surface area (Å²) in [6, 6.07) is 8.90. The highest BCUT2D eigenvalue weighted by Crippen LogP contribution is 2.32. The fraction of sp³-hybridized carbons (Fsp3) is 0.312. The molecular weight excluding hydrogens is 360 g/mol.